The van der Waals surface area contributed by atoms with Gasteiger partial charge in [0.15, 0.2) is 0 Å². The Kier molecular flexibility index (Phi) is 7.29. The maximum Gasteiger partial charge on any atom is 0.244 e. The molecule has 1 saturated heterocycles. The molecule has 0 aromatic heterocycles. The van der Waals surface area contributed by atoms with E-state index in [2.05, 4.69) is 5.32 Å². The van der Waals surface area contributed by atoms with Crippen LogP contribution in [0.1, 0.15) is 32.3 Å². The predicted octanol–water partition coefficient (Wildman–Crippen LogP) is 2.48. The fraction of sp³-hybridized carbons (Fsp3) is 0.562. The third-order valence-electron chi connectivity index (χ3n) is 3.61. The van der Waals surface area contributed by atoms with Crippen molar-refractivity contribution < 1.29 is 14.3 Å². The fourth-order valence-corrected chi connectivity index (χ4v) is 2.22. The minimum Gasteiger partial charge on any atom is -0.381 e. The summed E-state index contributed by atoms with van der Waals surface area (Å²) >= 11 is 0. The first-order valence-corrected chi connectivity index (χ1v) is 7.38. The molecule has 124 valence electrons. The van der Waals surface area contributed by atoms with Crippen molar-refractivity contribution in [3.63, 3.8) is 0 Å². The van der Waals surface area contributed by atoms with Crippen LogP contribution in [-0.4, -0.2) is 30.8 Å². The van der Waals surface area contributed by atoms with Crippen LogP contribution in [0.3, 0.4) is 0 Å². The van der Waals surface area contributed by atoms with E-state index in [9.17, 15) is 4.79 Å². The molecule has 0 aliphatic carbocycles. The Hall–Kier alpha value is -1.14. The van der Waals surface area contributed by atoms with Crippen molar-refractivity contribution in [3.8, 4) is 0 Å². The van der Waals surface area contributed by atoms with Crippen LogP contribution >= 0.6 is 12.4 Å². The van der Waals surface area contributed by atoms with E-state index in [-0.39, 0.29) is 24.4 Å². The van der Waals surface area contributed by atoms with Crippen molar-refractivity contribution in [1.29, 1.82) is 0 Å². The van der Waals surface area contributed by atoms with Crippen molar-refractivity contribution in [1.82, 2.24) is 0 Å². The molecule has 0 saturated carbocycles. The summed E-state index contributed by atoms with van der Waals surface area (Å²) in [5.41, 5.74) is 7.12. The molecule has 1 heterocycles. The van der Waals surface area contributed by atoms with Crippen molar-refractivity contribution in [3.05, 3.63) is 29.8 Å². The quantitative estimate of drug-likeness (QED) is 0.871. The number of carbonyl (C=O) groups excluding carboxylic acids is 1. The molecule has 22 heavy (non-hydrogen) atoms. The predicted molar refractivity (Wildman–Crippen MR) is 89.2 cm³/mol. The highest BCUT2D eigenvalue weighted by Gasteiger charge is 2.35. The van der Waals surface area contributed by atoms with Crippen LogP contribution in [0.25, 0.3) is 0 Å². The van der Waals surface area contributed by atoms with Crippen LogP contribution < -0.4 is 11.1 Å². The van der Waals surface area contributed by atoms with Crippen molar-refractivity contribution >= 4 is 24.0 Å². The molecule has 0 spiro atoms. The number of nitrogens with one attached hydrogen (secondary N) is 1. The average Bonchev–Trinajstić information content (AvgIpc) is 2.46. The van der Waals surface area contributed by atoms with E-state index in [1.165, 1.54) is 0 Å². The van der Waals surface area contributed by atoms with E-state index >= 15 is 0 Å². The lowest BCUT2D eigenvalue weighted by Crippen LogP contribution is -2.54. The molecule has 6 heteroatoms. The van der Waals surface area contributed by atoms with Gasteiger partial charge in [0.2, 0.25) is 5.91 Å². The Morgan fingerprint density at radius 1 is 1.41 bits per heavy atom. The lowest BCUT2D eigenvalue weighted by molar-refractivity contribution is -0.124. The summed E-state index contributed by atoms with van der Waals surface area (Å²) < 4.78 is 10.8. The van der Waals surface area contributed by atoms with E-state index in [0.29, 0.717) is 32.7 Å². The second kappa shape index (κ2) is 8.48. The van der Waals surface area contributed by atoms with Crippen LogP contribution in [0.2, 0.25) is 0 Å². The van der Waals surface area contributed by atoms with Crippen LogP contribution in [0.4, 0.5) is 5.69 Å². The van der Waals surface area contributed by atoms with Gasteiger partial charge in [-0.3, -0.25) is 4.79 Å². The zero-order chi connectivity index (χ0) is 15.3. The number of halogens is 1. The molecule has 0 unspecified atom stereocenters. The molecule has 5 nitrogen and oxygen atoms in total. The fourth-order valence-electron chi connectivity index (χ4n) is 2.22. The number of hydrogen-bond acceptors (Lipinski definition) is 4. The first kappa shape index (κ1) is 18.9. The Morgan fingerprint density at radius 2 is 2.09 bits per heavy atom. The number of nitrogens with two attached hydrogens (primary N) is 1. The molecule has 0 bridgehead atoms. The Bertz CT molecular complexity index is 488. The SMILES string of the molecule is CC(C)OCc1cccc(NC(=O)C2(N)CCOCC2)c1.Cl. The van der Waals surface area contributed by atoms with Crippen molar-refractivity contribution in [2.75, 3.05) is 18.5 Å². The summed E-state index contributed by atoms with van der Waals surface area (Å²) in [6.45, 7) is 5.59. The number of carbonyl (C=O) groups is 1. The smallest absolute Gasteiger partial charge is 0.244 e. The molecule has 2 rings (SSSR count). The summed E-state index contributed by atoms with van der Waals surface area (Å²) in [4.78, 5) is 12.3. The van der Waals surface area contributed by atoms with Gasteiger partial charge in [-0.25, -0.2) is 0 Å². The van der Waals surface area contributed by atoms with Gasteiger partial charge in [-0.2, -0.15) is 0 Å². The molecular weight excluding hydrogens is 304 g/mol. The van der Waals surface area contributed by atoms with Gasteiger partial charge in [0.05, 0.1) is 12.7 Å². The van der Waals surface area contributed by atoms with E-state index in [1.807, 2.05) is 38.1 Å². The minimum atomic E-state index is -0.831. The zero-order valence-corrected chi connectivity index (χ0v) is 13.9. The summed E-state index contributed by atoms with van der Waals surface area (Å²) in [6.07, 6.45) is 1.28. The summed E-state index contributed by atoms with van der Waals surface area (Å²) in [6, 6.07) is 7.66. The molecule has 1 aromatic carbocycles. The van der Waals surface area contributed by atoms with Gasteiger partial charge in [0, 0.05) is 18.9 Å². The first-order valence-electron chi connectivity index (χ1n) is 7.38. The standard InChI is InChI=1S/C16H24N2O3.ClH/c1-12(2)21-11-13-4-3-5-14(10-13)18-15(19)16(17)6-8-20-9-7-16;/h3-5,10,12H,6-9,11,17H2,1-2H3,(H,18,19);1H. The number of benzene rings is 1. The minimum absolute atomic E-state index is 0. The summed E-state index contributed by atoms with van der Waals surface area (Å²) in [5, 5.41) is 2.91. The number of ether oxygens (including phenoxy) is 2. The van der Waals surface area contributed by atoms with Crippen molar-refractivity contribution in [2.24, 2.45) is 5.73 Å². The van der Waals surface area contributed by atoms with E-state index in [1.54, 1.807) is 0 Å². The molecule has 1 fully saturated rings. The van der Waals surface area contributed by atoms with E-state index < -0.39 is 5.54 Å². The van der Waals surface area contributed by atoms with Crippen LogP contribution in [0.15, 0.2) is 24.3 Å². The van der Waals surface area contributed by atoms with E-state index in [4.69, 9.17) is 15.2 Å². The largest absolute Gasteiger partial charge is 0.381 e. The lowest BCUT2D eigenvalue weighted by Gasteiger charge is -2.31. The summed E-state index contributed by atoms with van der Waals surface area (Å²) in [7, 11) is 0. The van der Waals surface area contributed by atoms with Crippen LogP contribution in [-0.2, 0) is 20.9 Å². The first-order chi connectivity index (χ1) is 9.99. The van der Waals surface area contributed by atoms with Gasteiger partial charge in [-0.15, -0.1) is 12.4 Å². The zero-order valence-electron chi connectivity index (χ0n) is 13.1. The van der Waals surface area contributed by atoms with Gasteiger partial charge >= 0.3 is 0 Å². The highest BCUT2D eigenvalue weighted by molar-refractivity contribution is 5.98. The molecule has 1 aromatic rings. The molecule has 1 aliphatic heterocycles. The van der Waals surface area contributed by atoms with Gasteiger partial charge in [-0.1, -0.05) is 12.1 Å². The second-order valence-electron chi connectivity index (χ2n) is 5.78. The highest BCUT2D eigenvalue weighted by Crippen LogP contribution is 2.21. The topological polar surface area (TPSA) is 73.6 Å². The molecule has 1 aliphatic rings. The van der Waals surface area contributed by atoms with Crippen LogP contribution in [0.5, 0.6) is 0 Å². The number of hydrogen-bond donors (Lipinski definition) is 2. The molecule has 0 atom stereocenters. The third-order valence-corrected chi connectivity index (χ3v) is 3.61. The van der Waals surface area contributed by atoms with Crippen LogP contribution in [0, 0.1) is 0 Å². The lowest BCUT2D eigenvalue weighted by atomic mass is 9.90. The Morgan fingerprint density at radius 3 is 2.73 bits per heavy atom. The third kappa shape index (κ3) is 5.25. The maximum atomic E-state index is 12.3. The molecule has 3 N–H and O–H groups in total. The second-order valence-corrected chi connectivity index (χ2v) is 5.78. The molecule has 0 radical (unpaired) electrons. The molecular formula is C16H25ClN2O3. The molecule has 1 amide bonds. The van der Waals surface area contributed by atoms with Gasteiger partial charge in [0.25, 0.3) is 0 Å². The monoisotopic (exact) mass is 328 g/mol. The Balaban J connectivity index is 0.00000242. The average molecular weight is 329 g/mol. The maximum absolute atomic E-state index is 12.3. The summed E-state index contributed by atoms with van der Waals surface area (Å²) in [5.74, 6) is -0.146. The van der Waals surface area contributed by atoms with E-state index in [0.717, 1.165) is 11.3 Å². The highest BCUT2D eigenvalue weighted by atomic mass is 35.5. The van der Waals surface area contributed by atoms with Gasteiger partial charge in [-0.05, 0) is 44.4 Å². The number of rotatable bonds is 5. The van der Waals surface area contributed by atoms with Crippen molar-refractivity contribution in [2.45, 2.75) is 44.9 Å². The number of amides is 1. The van der Waals surface area contributed by atoms with Gasteiger partial charge < -0.3 is 20.5 Å². The Labute approximate surface area is 138 Å². The normalized spacial score (nSPS) is 16.9. The number of anilines is 1. The van der Waals surface area contributed by atoms with Gasteiger partial charge in [0.1, 0.15) is 5.54 Å².